The number of hydrogen-bond donors (Lipinski definition) is 1. The second-order valence-electron chi connectivity index (χ2n) is 6.90. The molecule has 1 atom stereocenters. The van der Waals surface area contributed by atoms with Gasteiger partial charge in [-0.15, -0.1) is 0 Å². The molecule has 1 aliphatic heterocycles. The van der Waals surface area contributed by atoms with Crippen LogP contribution in [0.5, 0.6) is 0 Å². The lowest BCUT2D eigenvalue weighted by molar-refractivity contribution is 0.0914. The molecule has 19 heavy (non-hydrogen) atoms. The van der Waals surface area contributed by atoms with Crippen LogP contribution in [0.2, 0.25) is 0 Å². The number of methoxy groups -OCH3 is 1. The predicted octanol–water partition coefficient (Wildman–Crippen LogP) is 2.68. The Kier molecular flexibility index (Phi) is 6.51. The Hall–Kier alpha value is -0.380. The zero-order valence-electron chi connectivity index (χ0n) is 13.6. The minimum Gasteiger partial charge on any atom is -0.383 e. The molecular formula is C16H32N2O. The Morgan fingerprint density at radius 2 is 2.05 bits per heavy atom. The van der Waals surface area contributed by atoms with Crippen molar-refractivity contribution in [3.05, 3.63) is 11.6 Å². The first kappa shape index (κ1) is 16.7. The largest absolute Gasteiger partial charge is 0.383 e. The number of nitrogens with zero attached hydrogens (tertiary/aromatic N) is 1. The molecule has 0 aromatic carbocycles. The van der Waals surface area contributed by atoms with Crippen molar-refractivity contribution in [1.29, 1.82) is 0 Å². The van der Waals surface area contributed by atoms with Crippen molar-refractivity contribution in [3.8, 4) is 0 Å². The number of hydrogen-bond acceptors (Lipinski definition) is 3. The van der Waals surface area contributed by atoms with E-state index in [-0.39, 0.29) is 0 Å². The molecule has 0 aromatic heterocycles. The lowest BCUT2D eigenvalue weighted by Crippen LogP contribution is -2.48. The van der Waals surface area contributed by atoms with Crippen LogP contribution in [0.1, 0.15) is 41.0 Å². The second-order valence-corrected chi connectivity index (χ2v) is 6.90. The van der Waals surface area contributed by atoms with E-state index >= 15 is 0 Å². The third-order valence-corrected chi connectivity index (χ3v) is 3.84. The summed E-state index contributed by atoms with van der Waals surface area (Å²) >= 11 is 0. The minimum atomic E-state index is 0.318. The maximum Gasteiger partial charge on any atom is 0.0630 e. The zero-order valence-corrected chi connectivity index (χ0v) is 13.6. The first-order valence-corrected chi connectivity index (χ1v) is 7.50. The lowest BCUT2D eigenvalue weighted by Gasteiger charge is -2.37. The van der Waals surface area contributed by atoms with Gasteiger partial charge in [0, 0.05) is 38.8 Å². The quantitative estimate of drug-likeness (QED) is 0.750. The maximum absolute atomic E-state index is 5.38. The summed E-state index contributed by atoms with van der Waals surface area (Å²) < 4.78 is 5.38. The summed E-state index contributed by atoms with van der Waals surface area (Å²) in [6.45, 7) is 15.3. The fraction of sp³-hybridized carbons (Fsp3) is 0.875. The lowest BCUT2D eigenvalue weighted by atomic mass is 9.83. The third kappa shape index (κ3) is 5.64. The van der Waals surface area contributed by atoms with Crippen LogP contribution in [0.25, 0.3) is 0 Å². The molecular weight excluding hydrogens is 236 g/mol. The van der Waals surface area contributed by atoms with Gasteiger partial charge in [0.2, 0.25) is 0 Å². The van der Waals surface area contributed by atoms with Gasteiger partial charge in [0.1, 0.15) is 0 Å². The van der Waals surface area contributed by atoms with Crippen molar-refractivity contribution in [2.45, 2.75) is 53.1 Å². The Balaban J connectivity index is 2.56. The highest BCUT2D eigenvalue weighted by molar-refractivity contribution is 5.15. The number of ether oxygens (including phenoxy) is 1. The smallest absolute Gasteiger partial charge is 0.0630 e. The van der Waals surface area contributed by atoms with Gasteiger partial charge in [0.15, 0.2) is 0 Å². The van der Waals surface area contributed by atoms with Gasteiger partial charge in [0.05, 0.1) is 6.61 Å². The highest BCUT2D eigenvalue weighted by Gasteiger charge is 2.25. The molecule has 0 aromatic rings. The summed E-state index contributed by atoms with van der Waals surface area (Å²) in [5, 5.41) is 3.53. The molecule has 1 heterocycles. The average molecular weight is 268 g/mol. The molecule has 0 radical (unpaired) electrons. The Morgan fingerprint density at radius 3 is 2.47 bits per heavy atom. The zero-order chi connectivity index (χ0) is 14.5. The van der Waals surface area contributed by atoms with Crippen LogP contribution in [0, 0.1) is 5.41 Å². The van der Waals surface area contributed by atoms with E-state index in [2.05, 4.69) is 50.9 Å². The van der Waals surface area contributed by atoms with Crippen molar-refractivity contribution in [3.63, 3.8) is 0 Å². The SMILES string of the molecule is COCC(CNC(C)C)N1CC=C(C(C)(C)C)CC1. The molecule has 0 spiro atoms. The topological polar surface area (TPSA) is 24.5 Å². The van der Waals surface area contributed by atoms with E-state index in [1.165, 1.54) is 6.42 Å². The van der Waals surface area contributed by atoms with E-state index in [0.717, 1.165) is 26.2 Å². The normalized spacial score (nSPS) is 19.6. The van der Waals surface area contributed by atoms with Crippen LogP contribution >= 0.6 is 0 Å². The fourth-order valence-corrected chi connectivity index (χ4v) is 2.56. The van der Waals surface area contributed by atoms with Crippen LogP contribution < -0.4 is 5.32 Å². The first-order chi connectivity index (χ1) is 8.84. The van der Waals surface area contributed by atoms with E-state index in [1.807, 2.05) is 0 Å². The van der Waals surface area contributed by atoms with E-state index in [1.54, 1.807) is 12.7 Å². The molecule has 3 nitrogen and oxygen atoms in total. The van der Waals surface area contributed by atoms with Crippen molar-refractivity contribution < 1.29 is 4.74 Å². The summed E-state index contributed by atoms with van der Waals surface area (Å²) in [5.41, 5.74) is 1.91. The monoisotopic (exact) mass is 268 g/mol. The standard InChI is InChI=1S/C16H32N2O/c1-13(2)17-11-15(12-19-6)18-9-7-14(8-10-18)16(3,4)5/h7,13,15,17H,8-12H2,1-6H3. The molecule has 1 rings (SSSR count). The van der Waals surface area contributed by atoms with E-state index in [0.29, 0.717) is 17.5 Å². The van der Waals surface area contributed by atoms with Gasteiger partial charge >= 0.3 is 0 Å². The molecule has 0 fully saturated rings. The van der Waals surface area contributed by atoms with Gasteiger partial charge in [-0.2, -0.15) is 0 Å². The Bertz CT molecular complexity index is 292. The van der Waals surface area contributed by atoms with Gasteiger partial charge in [0.25, 0.3) is 0 Å². The van der Waals surface area contributed by atoms with Crippen molar-refractivity contribution in [1.82, 2.24) is 10.2 Å². The molecule has 1 unspecified atom stereocenters. The molecule has 112 valence electrons. The van der Waals surface area contributed by atoms with Crippen molar-refractivity contribution >= 4 is 0 Å². The number of nitrogens with one attached hydrogen (secondary N) is 1. The summed E-state index contributed by atoms with van der Waals surface area (Å²) in [7, 11) is 1.79. The summed E-state index contributed by atoms with van der Waals surface area (Å²) in [6, 6.07) is 1.01. The van der Waals surface area contributed by atoms with E-state index < -0.39 is 0 Å². The molecule has 1 N–H and O–H groups in total. The van der Waals surface area contributed by atoms with Gasteiger partial charge in [-0.1, -0.05) is 46.3 Å². The van der Waals surface area contributed by atoms with Gasteiger partial charge in [-0.05, 0) is 11.8 Å². The molecule has 3 heteroatoms. The predicted molar refractivity (Wildman–Crippen MR) is 82.5 cm³/mol. The first-order valence-electron chi connectivity index (χ1n) is 7.50. The highest BCUT2D eigenvalue weighted by Crippen LogP contribution is 2.30. The maximum atomic E-state index is 5.38. The molecule has 0 amide bonds. The van der Waals surface area contributed by atoms with Crippen molar-refractivity contribution in [2.75, 3.05) is 33.4 Å². The summed E-state index contributed by atoms with van der Waals surface area (Å²) in [6.07, 6.45) is 3.60. The van der Waals surface area contributed by atoms with Gasteiger partial charge in [-0.25, -0.2) is 0 Å². The van der Waals surface area contributed by atoms with Gasteiger partial charge < -0.3 is 10.1 Å². The van der Waals surface area contributed by atoms with Crippen LogP contribution in [0.3, 0.4) is 0 Å². The van der Waals surface area contributed by atoms with Gasteiger partial charge in [-0.3, -0.25) is 4.90 Å². The summed E-state index contributed by atoms with van der Waals surface area (Å²) in [4.78, 5) is 2.54. The van der Waals surface area contributed by atoms with E-state index in [4.69, 9.17) is 4.74 Å². The third-order valence-electron chi connectivity index (χ3n) is 3.84. The fourth-order valence-electron chi connectivity index (χ4n) is 2.56. The Morgan fingerprint density at radius 1 is 1.37 bits per heavy atom. The molecule has 0 saturated heterocycles. The molecule has 1 aliphatic rings. The van der Waals surface area contributed by atoms with Crippen molar-refractivity contribution in [2.24, 2.45) is 5.41 Å². The molecule has 0 saturated carbocycles. The van der Waals surface area contributed by atoms with Crippen LogP contribution in [0.4, 0.5) is 0 Å². The molecule has 0 bridgehead atoms. The highest BCUT2D eigenvalue weighted by atomic mass is 16.5. The minimum absolute atomic E-state index is 0.318. The summed E-state index contributed by atoms with van der Waals surface area (Å²) in [5.74, 6) is 0. The van der Waals surface area contributed by atoms with Crippen LogP contribution in [0.15, 0.2) is 11.6 Å². The number of rotatable bonds is 6. The molecule has 0 aliphatic carbocycles. The van der Waals surface area contributed by atoms with E-state index in [9.17, 15) is 0 Å². The van der Waals surface area contributed by atoms with Crippen LogP contribution in [-0.2, 0) is 4.74 Å². The second kappa shape index (κ2) is 7.41. The Labute approximate surface area is 119 Å². The average Bonchev–Trinajstić information content (AvgIpc) is 2.33. The van der Waals surface area contributed by atoms with Crippen LogP contribution in [-0.4, -0.2) is 50.3 Å².